The van der Waals surface area contributed by atoms with E-state index < -0.39 is 11.6 Å². The molecule has 18 heavy (non-hydrogen) atoms. The normalized spacial score (nSPS) is 10.7. The number of hydrogen-bond acceptors (Lipinski definition) is 4. The quantitative estimate of drug-likeness (QED) is 0.661. The van der Waals surface area contributed by atoms with Crippen LogP contribution < -0.4 is 5.32 Å². The van der Waals surface area contributed by atoms with Gasteiger partial charge in [-0.15, -0.1) is 0 Å². The summed E-state index contributed by atoms with van der Waals surface area (Å²) in [6, 6.07) is 2.63. The number of aryl methyl sites for hydroxylation is 1. The fourth-order valence-corrected chi connectivity index (χ4v) is 1.70. The smallest absolute Gasteiger partial charge is 0.149 e. The van der Waals surface area contributed by atoms with Gasteiger partial charge in [-0.1, -0.05) is 0 Å². The molecule has 2 aromatic rings. The number of hydrogen-bond donors (Lipinski definition) is 2. The number of thiol groups is 1. The predicted molar refractivity (Wildman–Crippen MR) is 67.7 cm³/mol. The van der Waals surface area contributed by atoms with Crippen molar-refractivity contribution in [2.45, 2.75) is 13.5 Å². The van der Waals surface area contributed by atoms with Gasteiger partial charge in [0.15, 0.2) is 0 Å². The first-order valence-corrected chi connectivity index (χ1v) is 5.92. The molecule has 96 valence electrons. The van der Waals surface area contributed by atoms with Gasteiger partial charge in [0.2, 0.25) is 0 Å². The molecule has 0 unspecified atom stereocenters. The Balaban J connectivity index is 2.22. The summed E-state index contributed by atoms with van der Waals surface area (Å²) in [5, 5.41) is 7.15. The molecule has 0 spiro atoms. The van der Waals surface area contributed by atoms with Gasteiger partial charge in [-0.2, -0.15) is 17.7 Å². The summed E-state index contributed by atoms with van der Waals surface area (Å²) in [5.41, 5.74) is 1.00. The van der Waals surface area contributed by atoms with Crippen molar-refractivity contribution >= 4 is 18.4 Å². The van der Waals surface area contributed by atoms with Crippen molar-refractivity contribution in [1.29, 1.82) is 0 Å². The highest BCUT2D eigenvalue weighted by molar-refractivity contribution is 7.80. The van der Waals surface area contributed by atoms with Crippen molar-refractivity contribution in [3.8, 4) is 0 Å². The number of nitrogens with one attached hydrogen (secondary N) is 1. The maximum absolute atomic E-state index is 13.5. The van der Waals surface area contributed by atoms with Crippen molar-refractivity contribution in [2.24, 2.45) is 0 Å². The van der Waals surface area contributed by atoms with Gasteiger partial charge >= 0.3 is 0 Å². The number of anilines is 1. The highest BCUT2D eigenvalue weighted by Gasteiger charge is 2.09. The zero-order valence-corrected chi connectivity index (χ0v) is 10.6. The van der Waals surface area contributed by atoms with E-state index in [0.29, 0.717) is 11.7 Å². The number of rotatable bonds is 4. The molecule has 2 aromatic heterocycles. The van der Waals surface area contributed by atoms with Crippen molar-refractivity contribution in [2.75, 3.05) is 11.2 Å². The van der Waals surface area contributed by atoms with Crippen molar-refractivity contribution in [3.63, 3.8) is 0 Å². The van der Waals surface area contributed by atoms with E-state index in [-0.39, 0.29) is 12.2 Å². The van der Waals surface area contributed by atoms with Crippen molar-refractivity contribution in [1.82, 2.24) is 14.8 Å². The van der Waals surface area contributed by atoms with Crippen LogP contribution >= 0.6 is 12.6 Å². The first kappa shape index (κ1) is 12.8. The van der Waals surface area contributed by atoms with Crippen LogP contribution in [0.4, 0.5) is 14.6 Å². The van der Waals surface area contributed by atoms with E-state index >= 15 is 0 Å². The Hall–Kier alpha value is -1.63. The average molecular weight is 270 g/mol. The highest BCUT2D eigenvalue weighted by atomic mass is 32.1. The minimum Gasteiger partial charge on any atom is -0.360 e. The molecule has 0 aromatic carbocycles. The Morgan fingerprint density at radius 3 is 2.83 bits per heavy atom. The molecule has 0 bridgehead atoms. The summed E-state index contributed by atoms with van der Waals surface area (Å²) in [7, 11) is 0. The van der Waals surface area contributed by atoms with Crippen LogP contribution in [0.2, 0.25) is 0 Å². The summed E-state index contributed by atoms with van der Waals surface area (Å²) in [5.74, 6) is -0.246. The fraction of sp³-hybridized carbons (Fsp3) is 0.273. The number of pyridine rings is 1. The van der Waals surface area contributed by atoms with Crippen LogP contribution in [0.25, 0.3) is 0 Å². The number of aromatic nitrogens is 3. The zero-order chi connectivity index (χ0) is 13.1. The van der Waals surface area contributed by atoms with E-state index in [1.54, 1.807) is 4.68 Å². The second-order valence-electron chi connectivity index (χ2n) is 3.75. The molecule has 0 radical (unpaired) electrons. The fourth-order valence-electron chi connectivity index (χ4n) is 1.54. The lowest BCUT2D eigenvalue weighted by Crippen LogP contribution is -2.08. The van der Waals surface area contributed by atoms with Crippen LogP contribution in [0.15, 0.2) is 18.3 Å². The molecule has 1 N–H and O–H groups in total. The van der Waals surface area contributed by atoms with E-state index in [0.717, 1.165) is 18.0 Å². The minimum absolute atomic E-state index is 0.153. The second kappa shape index (κ2) is 5.34. The van der Waals surface area contributed by atoms with Gasteiger partial charge in [-0.05, 0) is 6.92 Å². The zero-order valence-electron chi connectivity index (χ0n) is 9.69. The Labute approximate surface area is 108 Å². The van der Waals surface area contributed by atoms with E-state index in [1.807, 2.05) is 13.0 Å². The Morgan fingerprint density at radius 2 is 2.17 bits per heavy atom. The third-order valence-corrected chi connectivity index (χ3v) is 2.58. The van der Waals surface area contributed by atoms with Gasteiger partial charge < -0.3 is 5.32 Å². The lowest BCUT2D eigenvalue weighted by molar-refractivity contribution is 0.539. The summed E-state index contributed by atoms with van der Waals surface area (Å²) >= 11 is 4.03. The SMILES string of the molecule is Cc1cc(NCS)nn1Cc1ncc(F)cc1F. The molecule has 7 heteroatoms. The lowest BCUT2D eigenvalue weighted by atomic mass is 10.3. The molecule has 0 fully saturated rings. The Kier molecular flexibility index (Phi) is 3.81. The maximum Gasteiger partial charge on any atom is 0.149 e. The first-order chi connectivity index (χ1) is 8.60. The summed E-state index contributed by atoms with van der Waals surface area (Å²) < 4.78 is 27.8. The monoisotopic (exact) mass is 270 g/mol. The van der Waals surface area contributed by atoms with E-state index in [4.69, 9.17) is 0 Å². The van der Waals surface area contributed by atoms with Crippen LogP contribution in [-0.4, -0.2) is 20.6 Å². The molecule has 2 rings (SSSR count). The maximum atomic E-state index is 13.5. The summed E-state index contributed by atoms with van der Waals surface area (Å²) in [4.78, 5) is 3.72. The van der Waals surface area contributed by atoms with Gasteiger partial charge in [0.1, 0.15) is 17.5 Å². The van der Waals surface area contributed by atoms with Crippen molar-refractivity contribution in [3.05, 3.63) is 41.4 Å². The standard InChI is InChI=1S/C11H12F2N4S/c1-7-2-11(15-6-18)16-17(7)5-10-9(13)3-8(12)4-14-10/h2-4,18H,5-6H2,1H3,(H,15,16). The molecule has 4 nitrogen and oxygen atoms in total. The van der Waals surface area contributed by atoms with E-state index in [1.165, 1.54) is 0 Å². The molecule has 0 aliphatic rings. The molecule has 0 saturated heterocycles. The first-order valence-electron chi connectivity index (χ1n) is 5.29. The average Bonchev–Trinajstić information content (AvgIpc) is 2.64. The van der Waals surface area contributed by atoms with E-state index in [2.05, 4.69) is 28.0 Å². The molecule has 0 atom stereocenters. The van der Waals surface area contributed by atoms with Crippen molar-refractivity contribution < 1.29 is 8.78 Å². The topological polar surface area (TPSA) is 42.7 Å². The largest absolute Gasteiger partial charge is 0.360 e. The van der Waals surface area contributed by atoms with Gasteiger partial charge in [0.05, 0.1) is 24.3 Å². The Bertz CT molecular complexity index is 556. The molecule has 0 aliphatic heterocycles. The highest BCUT2D eigenvalue weighted by Crippen LogP contribution is 2.12. The summed E-state index contributed by atoms with van der Waals surface area (Å²) in [6.45, 7) is 2.00. The van der Waals surface area contributed by atoms with Crippen LogP contribution in [0.3, 0.4) is 0 Å². The minimum atomic E-state index is -0.689. The van der Waals surface area contributed by atoms with Gasteiger partial charge in [-0.25, -0.2) is 8.78 Å². The number of nitrogens with zero attached hydrogens (tertiary/aromatic N) is 3. The molecule has 2 heterocycles. The molecular formula is C11H12F2N4S. The van der Waals surface area contributed by atoms with Crippen LogP contribution in [0.5, 0.6) is 0 Å². The Morgan fingerprint density at radius 1 is 1.39 bits per heavy atom. The van der Waals surface area contributed by atoms with Gasteiger partial charge in [-0.3, -0.25) is 9.67 Å². The van der Waals surface area contributed by atoms with E-state index in [9.17, 15) is 8.78 Å². The van der Waals surface area contributed by atoms with Gasteiger partial charge in [0.25, 0.3) is 0 Å². The van der Waals surface area contributed by atoms with Gasteiger partial charge in [0, 0.05) is 17.8 Å². The van der Waals surface area contributed by atoms with Crippen LogP contribution in [0.1, 0.15) is 11.4 Å². The molecule has 0 amide bonds. The second-order valence-corrected chi connectivity index (χ2v) is 4.06. The predicted octanol–water partition coefficient (Wildman–Crippen LogP) is 2.21. The third-order valence-electron chi connectivity index (χ3n) is 2.42. The van der Waals surface area contributed by atoms with Crippen LogP contribution in [-0.2, 0) is 6.54 Å². The van der Waals surface area contributed by atoms with Crippen LogP contribution in [0, 0.1) is 18.6 Å². The molecule has 0 saturated carbocycles. The molecular weight excluding hydrogens is 258 g/mol. The summed E-state index contributed by atoms with van der Waals surface area (Å²) in [6.07, 6.45) is 0.990. The molecule has 0 aliphatic carbocycles. The third kappa shape index (κ3) is 2.79. The number of halogens is 2. The lowest BCUT2D eigenvalue weighted by Gasteiger charge is -2.04.